The van der Waals surface area contributed by atoms with Gasteiger partial charge in [0.05, 0.1) is 23.0 Å². The normalized spacial score (nSPS) is 17.1. The highest BCUT2D eigenvalue weighted by Gasteiger charge is 2.23. The van der Waals surface area contributed by atoms with Crippen LogP contribution in [0.25, 0.3) is 22.0 Å². The molecule has 0 saturated heterocycles. The molecule has 196 valence electrons. The fourth-order valence-corrected chi connectivity index (χ4v) is 5.02. The van der Waals surface area contributed by atoms with E-state index in [9.17, 15) is 9.59 Å². The molecule has 3 aromatic rings. The fourth-order valence-electron chi connectivity index (χ4n) is 5.02. The number of hydrogen-bond donors (Lipinski definition) is 3. The predicted molar refractivity (Wildman–Crippen MR) is 151 cm³/mol. The second-order valence-corrected chi connectivity index (χ2v) is 10.1. The number of carbonyl (C=O) groups is 2. The Bertz CT molecular complexity index is 1400. The van der Waals surface area contributed by atoms with E-state index in [0.717, 1.165) is 42.0 Å². The minimum absolute atomic E-state index is 0.184. The topological polar surface area (TPSA) is 124 Å². The Balaban J connectivity index is 1.54. The summed E-state index contributed by atoms with van der Waals surface area (Å²) in [6.07, 6.45) is 4.53. The highest BCUT2D eigenvalue weighted by Crippen LogP contribution is 2.32. The van der Waals surface area contributed by atoms with Crippen molar-refractivity contribution < 1.29 is 9.59 Å². The van der Waals surface area contributed by atoms with Crippen LogP contribution in [-0.2, 0) is 0 Å². The molecule has 1 aliphatic carbocycles. The molecule has 2 aromatic carbocycles. The zero-order chi connectivity index (χ0) is 27.2. The molecular weight excluding hydrogens is 476 g/mol. The number of carbonyl (C=O) groups excluding carboxylic acids is 2. The molecule has 38 heavy (non-hydrogen) atoms. The molecule has 0 unspecified atom stereocenters. The number of nitrogens with zero attached hydrogens (tertiary/aromatic N) is 3. The average Bonchev–Trinajstić information content (AvgIpc) is 2.94. The third-order valence-electron chi connectivity index (χ3n) is 7.30. The minimum atomic E-state index is -0.575. The number of rotatable bonds is 9. The molecule has 8 nitrogen and oxygen atoms in total. The van der Waals surface area contributed by atoms with Crippen LogP contribution in [0.4, 0.5) is 5.69 Å². The van der Waals surface area contributed by atoms with Crippen LogP contribution in [-0.4, -0.2) is 54.9 Å². The zero-order valence-corrected chi connectivity index (χ0v) is 22.0. The number of fused-ring (bicyclic) bond motifs is 1. The summed E-state index contributed by atoms with van der Waals surface area (Å²) in [7, 11) is 4.25. The second-order valence-electron chi connectivity index (χ2n) is 10.1. The first-order valence-electron chi connectivity index (χ1n) is 12.9. The van der Waals surface area contributed by atoms with Gasteiger partial charge in [0.25, 0.3) is 11.8 Å². The van der Waals surface area contributed by atoms with E-state index in [4.69, 9.17) is 11.0 Å². The van der Waals surface area contributed by atoms with Gasteiger partial charge in [-0.15, -0.1) is 0 Å². The largest absolute Gasteiger partial charge is 0.379 e. The van der Waals surface area contributed by atoms with E-state index in [1.54, 1.807) is 12.1 Å². The summed E-state index contributed by atoms with van der Waals surface area (Å²) >= 11 is 0. The summed E-state index contributed by atoms with van der Waals surface area (Å²) in [5.74, 6) is -0.272. The molecule has 2 amide bonds. The van der Waals surface area contributed by atoms with Crippen molar-refractivity contribution in [3.63, 3.8) is 0 Å². The van der Waals surface area contributed by atoms with Crippen molar-refractivity contribution in [2.45, 2.75) is 31.7 Å². The van der Waals surface area contributed by atoms with Gasteiger partial charge < -0.3 is 21.3 Å². The quantitative estimate of drug-likeness (QED) is 0.368. The van der Waals surface area contributed by atoms with E-state index < -0.39 is 5.91 Å². The lowest BCUT2D eigenvalue weighted by Gasteiger charge is -2.32. The molecular formula is C30H34N6O2. The van der Waals surface area contributed by atoms with Crippen molar-refractivity contribution in [1.29, 1.82) is 5.26 Å². The van der Waals surface area contributed by atoms with Crippen LogP contribution in [0.3, 0.4) is 0 Å². The van der Waals surface area contributed by atoms with Crippen molar-refractivity contribution in [3.05, 3.63) is 71.9 Å². The van der Waals surface area contributed by atoms with Crippen LogP contribution in [0.1, 0.15) is 46.5 Å². The number of primary amides is 1. The standard InChI is InChI=1S/C30H34N6O2/c1-19(16-31)17-33-28-24(29(32)37)14-11-21-9-10-22(15-25(21)28)26-5-4-6-27(35-26)30(38)34-18-20-7-12-23(13-8-20)36(2)3/h4-6,9-11,14-15,20,23,33H,1,7-8,12-13,17-18H2,2-3H3,(H2,32,37)(H,34,38). The predicted octanol–water partition coefficient (Wildman–Crippen LogP) is 4.34. The first-order chi connectivity index (χ1) is 18.3. The molecule has 8 heteroatoms. The Morgan fingerprint density at radius 1 is 1.13 bits per heavy atom. The number of aromatic nitrogens is 1. The summed E-state index contributed by atoms with van der Waals surface area (Å²) in [5, 5.41) is 17.0. The number of nitriles is 1. The molecule has 1 aromatic heterocycles. The number of anilines is 1. The van der Waals surface area contributed by atoms with Gasteiger partial charge in [0.15, 0.2) is 0 Å². The van der Waals surface area contributed by atoms with Crippen LogP contribution < -0.4 is 16.4 Å². The summed E-state index contributed by atoms with van der Waals surface area (Å²) in [6, 6.07) is 17.3. The van der Waals surface area contributed by atoms with Crippen molar-refractivity contribution in [2.75, 3.05) is 32.5 Å². The van der Waals surface area contributed by atoms with E-state index in [2.05, 4.69) is 41.2 Å². The van der Waals surface area contributed by atoms with Gasteiger partial charge in [-0.25, -0.2) is 4.98 Å². The summed E-state index contributed by atoms with van der Waals surface area (Å²) in [4.78, 5) is 32.0. The van der Waals surface area contributed by atoms with Gasteiger partial charge in [-0.1, -0.05) is 30.8 Å². The van der Waals surface area contributed by atoms with Crippen LogP contribution in [0.15, 0.2) is 60.7 Å². The molecule has 1 heterocycles. The maximum Gasteiger partial charge on any atom is 0.269 e. The van der Waals surface area contributed by atoms with Gasteiger partial charge in [-0.05, 0) is 75.3 Å². The van der Waals surface area contributed by atoms with E-state index in [0.29, 0.717) is 46.7 Å². The highest BCUT2D eigenvalue weighted by molar-refractivity contribution is 6.08. The van der Waals surface area contributed by atoms with Crippen molar-refractivity contribution in [1.82, 2.24) is 15.2 Å². The van der Waals surface area contributed by atoms with E-state index in [1.807, 2.05) is 42.5 Å². The highest BCUT2D eigenvalue weighted by atomic mass is 16.2. The average molecular weight is 511 g/mol. The van der Waals surface area contributed by atoms with E-state index in [-0.39, 0.29) is 12.5 Å². The molecule has 0 aliphatic heterocycles. The van der Waals surface area contributed by atoms with Crippen molar-refractivity contribution in [2.24, 2.45) is 11.7 Å². The SMILES string of the molecule is C=C(C#N)CNc1c(C(N)=O)ccc2ccc(-c3cccc(C(=O)NCC4CCC(N(C)C)CC4)n3)cc12. The monoisotopic (exact) mass is 510 g/mol. The van der Waals surface area contributed by atoms with Crippen molar-refractivity contribution >= 4 is 28.3 Å². The number of nitrogens with one attached hydrogen (secondary N) is 2. The van der Waals surface area contributed by atoms with E-state index >= 15 is 0 Å². The van der Waals surface area contributed by atoms with Crippen LogP contribution in [0.5, 0.6) is 0 Å². The molecule has 1 aliphatic rings. The molecule has 0 bridgehead atoms. The zero-order valence-electron chi connectivity index (χ0n) is 22.0. The molecule has 0 spiro atoms. The Morgan fingerprint density at radius 3 is 2.55 bits per heavy atom. The first-order valence-corrected chi connectivity index (χ1v) is 12.9. The fraction of sp³-hybridized carbons (Fsp3) is 0.333. The number of nitrogens with two attached hydrogens (primary N) is 1. The van der Waals surface area contributed by atoms with Crippen LogP contribution >= 0.6 is 0 Å². The lowest BCUT2D eigenvalue weighted by atomic mass is 9.85. The van der Waals surface area contributed by atoms with E-state index in [1.165, 1.54) is 0 Å². The number of amides is 2. The van der Waals surface area contributed by atoms with Gasteiger partial charge in [-0.2, -0.15) is 5.26 Å². The van der Waals surface area contributed by atoms with Gasteiger partial charge in [0.1, 0.15) is 5.69 Å². The second kappa shape index (κ2) is 11.9. The molecule has 1 saturated carbocycles. The van der Waals surface area contributed by atoms with Gasteiger partial charge in [0, 0.05) is 35.7 Å². The Hall–Kier alpha value is -4.22. The smallest absolute Gasteiger partial charge is 0.269 e. The van der Waals surface area contributed by atoms with Gasteiger partial charge >= 0.3 is 0 Å². The molecule has 0 atom stereocenters. The molecule has 1 fully saturated rings. The molecule has 4 N–H and O–H groups in total. The lowest BCUT2D eigenvalue weighted by molar-refractivity contribution is 0.0933. The molecule has 0 radical (unpaired) electrons. The Labute approximate surface area is 223 Å². The van der Waals surface area contributed by atoms with Crippen molar-refractivity contribution in [3.8, 4) is 17.3 Å². The van der Waals surface area contributed by atoms with Gasteiger partial charge in [-0.3, -0.25) is 9.59 Å². The summed E-state index contributed by atoms with van der Waals surface area (Å²) in [6.45, 7) is 4.54. The first kappa shape index (κ1) is 26.8. The lowest BCUT2D eigenvalue weighted by Crippen LogP contribution is -2.36. The molecule has 4 rings (SSSR count). The number of hydrogen-bond acceptors (Lipinski definition) is 6. The summed E-state index contributed by atoms with van der Waals surface area (Å²) < 4.78 is 0. The van der Waals surface area contributed by atoms with Crippen LogP contribution in [0, 0.1) is 17.2 Å². The van der Waals surface area contributed by atoms with Crippen LogP contribution in [0.2, 0.25) is 0 Å². The number of benzene rings is 2. The van der Waals surface area contributed by atoms with Gasteiger partial charge in [0.2, 0.25) is 0 Å². The Morgan fingerprint density at radius 2 is 1.87 bits per heavy atom. The maximum atomic E-state index is 12.9. The summed E-state index contributed by atoms with van der Waals surface area (Å²) in [5.41, 5.74) is 8.60. The minimum Gasteiger partial charge on any atom is -0.379 e. The third-order valence-corrected chi connectivity index (χ3v) is 7.30. The maximum absolute atomic E-state index is 12.9. The third kappa shape index (κ3) is 6.18. The number of pyridine rings is 1. The Kier molecular flexibility index (Phi) is 8.39.